The van der Waals surface area contributed by atoms with Crippen LogP contribution < -0.4 is 15.4 Å². The molecule has 0 fully saturated rings. The quantitative estimate of drug-likeness (QED) is 0.673. The Bertz CT molecular complexity index is 1020. The Morgan fingerprint density at radius 1 is 0.931 bits per heavy atom. The maximum absolute atomic E-state index is 12.1. The zero-order valence-electron chi connectivity index (χ0n) is 15.9. The number of carbonyl (C=O) groups is 2. The maximum Gasteiger partial charge on any atom is 0.263 e. The Kier molecular flexibility index (Phi) is 5.52. The van der Waals surface area contributed by atoms with Crippen LogP contribution in [0.15, 0.2) is 66.9 Å². The van der Waals surface area contributed by atoms with Crippen molar-refractivity contribution in [1.82, 2.24) is 4.98 Å². The number of hydrogen-bond donors (Lipinski definition) is 2. The molecule has 1 heterocycles. The molecule has 0 saturated heterocycles. The summed E-state index contributed by atoms with van der Waals surface area (Å²) in [6, 6.07) is 18.2. The number of ether oxygens (including phenoxy) is 1. The normalized spacial score (nSPS) is 12.1. The maximum atomic E-state index is 12.1. The molecule has 6 heteroatoms. The van der Waals surface area contributed by atoms with Crippen molar-refractivity contribution in [2.45, 2.75) is 19.3 Å². The molecule has 2 N–H and O–H groups in total. The zero-order chi connectivity index (χ0) is 20.1. The van der Waals surface area contributed by atoms with E-state index in [-0.39, 0.29) is 18.4 Å². The van der Waals surface area contributed by atoms with Gasteiger partial charge in [-0.1, -0.05) is 24.3 Å². The van der Waals surface area contributed by atoms with E-state index in [1.54, 1.807) is 36.4 Å². The Hall–Kier alpha value is -3.67. The van der Waals surface area contributed by atoms with Crippen LogP contribution in [0.2, 0.25) is 0 Å². The number of nitrogens with zero attached hydrogens (tertiary/aromatic N) is 1. The van der Waals surface area contributed by atoms with E-state index >= 15 is 0 Å². The lowest BCUT2D eigenvalue weighted by Crippen LogP contribution is -2.21. The number of aromatic nitrogens is 1. The summed E-state index contributed by atoms with van der Waals surface area (Å²) >= 11 is 0. The number of fused-ring (bicyclic) bond motifs is 1. The van der Waals surface area contributed by atoms with Crippen molar-refractivity contribution >= 4 is 23.3 Å². The summed E-state index contributed by atoms with van der Waals surface area (Å²) in [5, 5.41) is 5.46. The lowest BCUT2D eigenvalue weighted by molar-refractivity contribution is -0.118. The van der Waals surface area contributed by atoms with Crippen molar-refractivity contribution < 1.29 is 14.3 Å². The molecule has 0 spiro atoms. The molecule has 0 saturated carbocycles. The summed E-state index contributed by atoms with van der Waals surface area (Å²) in [4.78, 5) is 28.4. The average Bonchev–Trinajstić information content (AvgIpc) is 3.22. The van der Waals surface area contributed by atoms with Crippen LogP contribution in [0.3, 0.4) is 0 Å². The molecule has 0 atom stereocenters. The molecule has 1 aliphatic carbocycles. The molecular formula is C23H21N3O3. The average molecular weight is 387 g/mol. The van der Waals surface area contributed by atoms with Crippen molar-refractivity contribution in [2.24, 2.45) is 0 Å². The van der Waals surface area contributed by atoms with Gasteiger partial charge in [-0.2, -0.15) is 0 Å². The summed E-state index contributed by atoms with van der Waals surface area (Å²) in [7, 11) is 0. The minimum atomic E-state index is -0.293. The van der Waals surface area contributed by atoms with Gasteiger partial charge in [-0.05, 0) is 66.8 Å². The van der Waals surface area contributed by atoms with Gasteiger partial charge in [-0.25, -0.2) is 4.98 Å². The van der Waals surface area contributed by atoms with Gasteiger partial charge in [0.05, 0.1) is 11.9 Å². The first-order chi connectivity index (χ1) is 14.2. The van der Waals surface area contributed by atoms with Gasteiger partial charge >= 0.3 is 0 Å². The van der Waals surface area contributed by atoms with Gasteiger partial charge in [0, 0.05) is 5.56 Å². The van der Waals surface area contributed by atoms with Crippen LogP contribution in [0.5, 0.6) is 5.75 Å². The van der Waals surface area contributed by atoms with E-state index in [1.165, 1.54) is 23.7 Å². The fourth-order valence-electron chi connectivity index (χ4n) is 3.30. The van der Waals surface area contributed by atoms with E-state index in [1.807, 2.05) is 18.2 Å². The molecule has 1 aromatic heterocycles. The van der Waals surface area contributed by atoms with Gasteiger partial charge in [0.15, 0.2) is 6.61 Å². The lowest BCUT2D eigenvalue weighted by Gasteiger charge is -2.09. The highest BCUT2D eigenvalue weighted by atomic mass is 16.5. The largest absolute Gasteiger partial charge is 0.484 e. The van der Waals surface area contributed by atoms with Crippen molar-refractivity contribution in [1.29, 1.82) is 0 Å². The summed E-state index contributed by atoms with van der Waals surface area (Å²) in [6.07, 6.45) is 4.85. The highest BCUT2D eigenvalue weighted by Crippen LogP contribution is 2.26. The van der Waals surface area contributed by atoms with Crippen molar-refractivity contribution in [3.8, 4) is 5.75 Å². The Morgan fingerprint density at radius 2 is 1.76 bits per heavy atom. The summed E-state index contributed by atoms with van der Waals surface area (Å²) in [6.45, 7) is -0.0903. The molecule has 3 aromatic rings. The molecule has 0 radical (unpaired) electrons. The van der Waals surface area contributed by atoms with Crippen molar-refractivity contribution in [3.63, 3.8) is 0 Å². The SMILES string of the molecule is O=C(COc1ccc2c(c1)CCC2)Nc1ccc(NC(=O)c2ccccc2)cn1. The first-order valence-corrected chi connectivity index (χ1v) is 9.54. The van der Waals surface area contributed by atoms with E-state index < -0.39 is 0 Å². The summed E-state index contributed by atoms with van der Waals surface area (Å²) in [5.74, 6) is 0.587. The monoisotopic (exact) mass is 387 g/mol. The zero-order valence-corrected chi connectivity index (χ0v) is 15.9. The Morgan fingerprint density at radius 3 is 2.55 bits per heavy atom. The number of nitrogens with one attached hydrogen (secondary N) is 2. The van der Waals surface area contributed by atoms with Crippen molar-refractivity contribution in [2.75, 3.05) is 17.2 Å². The highest BCUT2D eigenvalue weighted by molar-refractivity contribution is 6.04. The summed E-state index contributed by atoms with van der Waals surface area (Å²) in [5.41, 5.74) is 3.78. The minimum absolute atomic E-state index is 0.0903. The van der Waals surface area contributed by atoms with Gasteiger partial charge in [0.25, 0.3) is 11.8 Å². The van der Waals surface area contributed by atoms with Gasteiger partial charge in [-0.15, -0.1) is 0 Å². The second-order valence-corrected chi connectivity index (χ2v) is 6.87. The molecule has 146 valence electrons. The number of hydrogen-bond acceptors (Lipinski definition) is 4. The second-order valence-electron chi connectivity index (χ2n) is 6.87. The number of aryl methyl sites for hydroxylation is 2. The predicted molar refractivity (Wildman–Crippen MR) is 111 cm³/mol. The standard InChI is InChI=1S/C23H21N3O3/c27-22(15-29-20-11-9-16-7-4-8-18(16)13-20)26-21-12-10-19(14-24-21)25-23(28)17-5-2-1-3-6-17/h1-3,5-6,9-14H,4,7-8,15H2,(H,25,28)(H,24,26,27). The Balaban J connectivity index is 1.28. The molecule has 2 aromatic carbocycles. The second kappa shape index (κ2) is 8.56. The third kappa shape index (κ3) is 4.79. The first-order valence-electron chi connectivity index (χ1n) is 9.54. The number of pyridine rings is 1. The molecule has 0 bridgehead atoms. The van der Waals surface area contributed by atoms with Crippen LogP contribution in [0.4, 0.5) is 11.5 Å². The number of rotatable bonds is 6. The highest BCUT2D eigenvalue weighted by Gasteiger charge is 2.12. The van der Waals surface area contributed by atoms with Crippen LogP contribution in [-0.2, 0) is 17.6 Å². The van der Waals surface area contributed by atoms with E-state index in [2.05, 4.69) is 21.7 Å². The molecule has 1 aliphatic rings. The molecule has 0 unspecified atom stereocenters. The third-order valence-corrected chi connectivity index (χ3v) is 4.76. The molecule has 4 rings (SSSR count). The molecular weight excluding hydrogens is 366 g/mol. The molecule has 6 nitrogen and oxygen atoms in total. The topological polar surface area (TPSA) is 80.3 Å². The van der Waals surface area contributed by atoms with Crippen LogP contribution in [-0.4, -0.2) is 23.4 Å². The number of benzene rings is 2. The third-order valence-electron chi connectivity index (χ3n) is 4.76. The van der Waals surface area contributed by atoms with E-state index in [0.29, 0.717) is 22.8 Å². The number of anilines is 2. The van der Waals surface area contributed by atoms with Gasteiger partial charge < -0.3 is 15.4 Å². The fraction of sp³-hybridized carbons (Fsp3) is 0.174. The van der Waals surface area contributed by atoms with Crippen LogP contribution in [0.1, 0.15) is 27.9 Å². The summed E-state index contributed by atoms with van der Waals surface area (Å²) < 4.78 is 5.59. The van der Waals surface area contributed by atoms with E-state index in [4.69, 9.17) is 4.74 Å². The van der Waals surface area contributed by atoms with Crippen LogP contribution in [0, 0.1) is 0 Å². The lowest BCUT2D eigenvalue weighted by atomic mass is 10.1. The number of amides is 2. The van der Waals surface area contributed by atoms with E-state index in [0.717, 1.165) is 12.8 Å². The van der Waals surface area contributed by atoms with E-state index in [9.17, 15) is 9.59 Å². The molecule has 29 heavy (non-hydrogen) atoms. The van der Waals surface area contributed by atoms with Crippen LogP contribution >= 0.6 is 0 Å². The predicted octanol–water partition coefficient (Wildman–Crippen LogP) is 3.84. The number of carbonyl (C=O) groups excluding carboxylic acids is 2. The van der Waals surface area contributed by atoms with Crippen molar-refractivity contribution in [3.05, 3.63) is 83.6 Å². The van der Waals surface area contributed by atoms with Gasteiger partial charge in [-0.3, -0.25) is 9.59 Å². The first kappa shape index (κ1) is 18.7. The minimum Gasteiger partial charge on any atom is -0.484 e. The Labute approximate surface area is 168 Å². The van der Waals surface area contributed by atoms with Gasteiger partial charge in [0.2, 0.25) is 0 Å². The molecule has 2 amide bonds. The van der Waals surface area contributed by atoms with Gasteiger partial charge in [0.1, 0.15) is 11.6 Å². The smallest absolute Gasteiger partial charge is 0.263 e. The fourth-order valence-corrected chi connectivity index (χ4v) is 3.30. The molecule has 0 aliphatic heterocycles. The van der Waals surface area contributed by atoms with Crippen LogP contribution in [0.25, 0.3) is 0 Å².